The smallest absolute Gasteiger partial charge is 0.263 e. The molecule has 1 aliphatic heterocycles. The van der Waals surface area contributed by atoms with E-state index >= 15 is 0 Å². The fraction of sp³-hybridized carbons (Fsp3) is 0.286. The van der Waals surface area contributed by atoms with E-state index in [4.69, 9.17) is 4.52 Å². The van der Waals surface area contributed by atoms with Crippen LogP contribution in [0.5, 0.6) is 0 Å². The maximum atomic E-state index is 13.1. The second-order valence-electron chi connectivity index (χ2n) is 7.49. The number of carbonyl (C=O) groups is 2. The molecule has 154 valence electrons. The summed E-state index contributed by atoms with van der Waals surface area (Å²) in [6.45, 7) is 2.29. The van der Waals surface area contributed by atoms with Gasteiger partial charge in [-0.25, -0.2) is 4.98 Å². The van der Waals surface area contributed by atoms with Gasteiger partial charge < -0.3 is 19.7 Å². The predicted molar refractivity (Wildman–Crippen MR) is 106 cm³/mol. The van der Waals surface area contributed by atoms with E-state index in [0.29, 0.717) is 17.9 Å². The van der Waals surface area contributed by atoms with Gasteiger partial charge in [0.1, 0.15) is 23.3 Å². The standard InChI is InChI=1S/C21H21N5O4/c1-14-22-11-17(18(27)24-14)19(28)26-12-21(13-26,9-15-5-3-2-4-6-15)20(29)23-10-16-7-8-30-25-16/h2-8,11H,9-10,12-13H2,1H3,(H,23,29)(H,22,24,27). The summed E-state index contributed by atoms with van der Waals surface area (Å²) in [4.78, 5) is 46.0. The number of aryl methyl sites for hydroxylation is 1. The largest absolute Gasteiger partial charge is 0.364 e. The summed E-state index contributed by atoms with van der Waals surface area (Å²) in [5.74, 6) is -0.170. The molecule has 30 heavy (non-hydrogen) atoms. The van der Waals surface area contributed by atoms with E-state index in [-0.39, 0.29) is 31.1 Å². The topological polar surface area (TPSA) is 121 Å². The molecule has 0 saturated carbocycles. The molecule has 4 rings (SSSR count). The van der Waals surface area contributed by atoms with Gasteiger partial charge in [0.15, 0.2) is 0 Å². The van der Waals surface area contributed by atoms with Crippen LogP contribution in [-0.4, -0.2) is 44.9 Å². The first-order valence-corrected chi connectivity index (χ1v) is 9.53. The van der Waals surface area contributed by atoms with Crippen molar-refractivity contribution < 1.29 is 14.1 Å². The van der Waals surface area contributed by atoms with Crippen molar-refractivity contribution in [2.24, 2.45) is 5.41 Å². The van der Waals surface area contributed by atoms with Crippen LogP contribution in [0.2, 0.25) is 0 Å². The summed E-state index contributed by atoms with van der Waals surface area (Å²) in [6.07, 6.45) is 3.20. The lowest BCUT2D eigenvalue weighted by Crippen LogP contribution is -2.65. The van der Waals surface area contributed by atoms with E-state index in [0.717, 1.165) is 5.56 Å². The molecule has 0 bridgehead atoms. The highest BCUT2D eigenvalue weighted by Crippen LogP contribution is 2.35. The van der Waals surface area contributed by atoms with Crippen LogP contribution in [0.4, 0.5) is 0 Å². The molecule has 2 amide bonds. The van der Waals surface area contributed by atoms with Crippen LogP contribution in [0.25, 0.3) is 0 Å². The van der Waals surface area contributed by atoms with Crippen LogP contribution >= 0.6 is 0 Å². The Labute approximate surface area is 172 Å². The normalized spacial score (nSPS) is 14.8. The molecular formula is C21H21N5O4. The highest BCUT2D eigenvalue weighted by molar-refractivity contribution is 5.96. The van der Waals surface area contributed by atoms with Crippen molar-refractivity contribution in [3.8, 4) is 0 Å². The van der Waals surface area contributed by atoms with Crippen LogP contribution in [0.3, 0.4) is 0 Å². The molecule has 2 N–H and O–H groups in total. The van der Waals surface area contributed by atoms with Crippen molar-refractivity contribution >= 4 is 11.8 Å². The van der Waals surface area contributed by atoms with Crippen LogP contribution in [0, 0.1) is 12.3 Å². The second kappa shape index (κ2) is 7.94. The Kier molecular flexibility index (Phi) is 5.18. The van der Waals surface area contributed by atoms with Crippen molar-refractivity contribution in [1.29, 1.82) is 0 Å². The average Bonchev–Trinajstić information content (AvgIpc) is 3.22. The van der Waals surface area contributed by atoms with Crippen molar-refractivity contribution in [1.82, 2.24) is 25.3 Å². The van der Waals surface area contributed by atoms with Crippen molar-refractivity contribution in [3.05, 3.63) is 81.9 Å². The van der Waals surface area contributed by atoms with Gasteiger partial charge in [0, 0.05) is 25.4 Å². The quantitative estimate of drug-likeness (QED) is 0.630. The highest BCUT2D eigenvalue weighted by atomic mass is 16.5. The molecule has 2 aromatic heterocycles. The van der Waals surface area contributed by atoms with Crippen molar-refractivity contribution in [3.63, 3.8) is 0 Å². The lowest BCUT2D eigenvalue weighted by Gasteiger charge is -2.48. The molecule has 0 aliphatic carbocycles. The third-order valence-corrected chi connectivity index (χ3v) is 5.22. The van der Waals surface area contributed by atoms with Gasteiger partial charge in [-0.3, -0.25) is 14.4 Å². The minimum absolute atomic E-state index is 0.0306. The van der Waals surface area contributed by atoms with Gasteiger partial charge in [0.25, 0.3) is 11.5 Å². The Morgan fingerprint density at radius 2 is 2.00 bits per heavy atom. The number of rotatable bonds is 6. The first-order valence-electron chi connectivity index (χ1n) is 9.53. The minimum Gasteiger partial charge on any atom is -0.364 e. The zero-order valence-corrected chi connectivity index (χ0v) is 16.4. The maximum absolute atomic E-state index is 13.1. The molecule has 0 radical (unpaired) electrons. The van der Waals surface area contributed by atoms with E-state index in [9.17, 15) is 14.4 Å². The van der Waals surface area contributed by atoms with E-state index in [2.05, 4.69) is 20.4 Å². The van der Waals surface area contributed by atoms with E-state index in [1.54, 1.807) is 13.0 Å². The number of nitrogens with one attached hydrogen (secondary N) is 2. The summed E-state index contributed by atoms with van der Waals surface area (Å²) >= 11 is 0. The Morgan fingerprint density at radius 1 is 1.23 bits per heavy atom. The number of hydrogen-bond acceptors (Lipinski definition) is 6. The molecular weight excluding hydrogens is 386 g/mol. The first kappa shape index (κ1) is 19.6. The number of likely N-dealkylation sites (tertiary alicyclic amines) is 1. The second-order valence-corrected chi connectivity index (χ2v) is 7.49. The summed E-state index contributed by atoms with van der Waals surface area (Å²) in [6, 6.07) is 11.3. The molecule has 3 aromatic rings. The predicted octanol–water partition coefficient (Wildman–Crippen LogP) is 1.07. The van der Waals surface area contributed by atoms with E-state index in [1.807, 2.05) is 30.3 Å². The Bertz CT molecular complexity index is 1100. The van der Waals surface area contributed by atoms with Gasteiger partial charge in [-0.1, -0.05) is 35.5 Å². The lowest BCUT2D eigenvalue weighted by atomic mass is 9.73. The molecule has 0 spiro atoms. The van der Waals surface area contributed by atoms with Gasteiger partial charge in [-0.2, -0.15) is 0 Å². The Morgan fingerprint density at radius 3 is 2.67 bits per heavy atom. The molecule has 1 saturated heterocycles. The molecule has 1 aliphatic rings. The summed E-state index contributed by atoms with van der Waals surface area (Å²) in [5, 5.41) is 6.68. The zero-order chi connectivity index (χ0) is 21.1. The SMILES string of the molecule is Cc1ncc(C(=O)N2CC(Cc3ccccc3)(C(=O)NCc3ccon3)C2)c(=O)[nH]1. The number of benzene rings is 1. The first-order chi connectivity index (χ1) is 14.5. The summed E-state index contributed by atoms with van der Waals surface area (Å²) in [7, 11) is 0. The monoisotopic (exact) mass is 407 g/mol. The molecule has 0 unspecified atom stereocenters. The van der Waals surface area contributed by atoms with Crippen molar-refractivity contribution in [2.75, 3.05) is 13.1 Å². The fourth-order valence-electron chi connectivity index (χ4n) is 3.64. The van der Waals surface area contributed by atoms with Gasteiger partial charge in [-0.15, -0.1) is 0 Å². The van der Waals surface area contributed by atoms with Gasteiger partial charge >= 0.3 is 0 Å². The summed E-state index contributed by atoms with van der Waals surface area (Å²) in [5.41, 5.74) is 0.310. The Balaban J connectivity index is 1.51. The number of aromatic nitrogens is 3. The van der Waals surface area contributed by atoms with Crippen LogP contribution in [-0.2, 0) is 17.8 Å². The highest BCUT2D eigenvalue weighted by Gasteiger charge is 2.51. The third-order valence-electron chi connectivity index (χ3n) is 5.22. The summed E-state index contributed by atoms with van der Waals surface area (Å²) < 4.78 is 4.79. The maximum Gasteiger partial charge on any atom is 0.263 e. The number of nitrogens with zero attached hydrogens (tertiary/aromatic N) is 3. The van der Waals surface area contributed by atoms with Gasteiger partial charge in [0.05, 0.1) is 12.0 Å². The zero-order valence-electron chi connectivity index (χ0n) is 16.4. The van der Waals surface area contributed by atoms with Crippen LogP contribution in [0.1, 0.15) is 27.4 Å². The average molecular weight is 407 g/mol. The molecule has 3 heterocycles. The third kappa shape index (κ3) is 3.86. The van der Waals surface area contributed by atoms with E-state index < -0.39 is 16.9 Å². The number of carbonyl (C=O) groups excluding carboxylic acids is 2. The molecule has 0 atom stereocenters. The molecule has 9 heteroatoms. The van der Waals surface area contributed by atoms with Crippen LogP contribution < -0.4 is 10.9 Å². The van der Waals surface area contributed by atoms with Gasteiger partial charge in [0.2, 0.25) is 5.91 Å². The number of aromatic amines is 1. The number of hydrogen-bond donors (Lipinski definition) is 2. The van der Waals surface area contributed by atoms with Crippen molar-refractivity contribution in [2.45, 2.75) is 19.9 Å². The fourth-order valence-corrected chi connectivity index (χ4v) is 3.64. The number of amides is 2. The van der Waals surface area contributed by atoms with E-state index in [1.165, 1.54) is 17.4 Å². The molecule has 1 fully saturated rings. The lowest BCUT2D eigenvalue weighted by molar-refractivity contribution is -0.139. The minimum atomic E-state index is -0.786. The van der Waals surface area contributed by atoms with Gasteiger partial charge in [-0.05, 0) is 18.9 Å². The Hall–Kier alpha value is -3.75. The molecule has 1 aromatic carbocycles. The van der Waals surface area contributed by atoms with Crippen LogP contribution in [0.15, 0.2) is 58.2 Å². The molecule has 9 nitrogen and oxygen atoms in total. The number of H-pyrrole nitrogens is 1.